The Labute approximate surface area is 196 Å². The van der Waals surface area contributed by atoms with Gasteiger partial charge in [-0.3, -0.25) is 4.79 Å². The smallest absolute Gasteiger partial charge is 0.304 e. The van der Waals surface area contributed by atoms with Crippen LogP contribution in [0.25, 0.3) is 0 Å². The summed E-state index contributed by atoms with van der Waals surface area (Å²) in [5.41, 5.74) is 3.03. The number of nitrogens with zero attached hydrogens (tertiary/aromatic N) is 1. The first-order valence-electron chi connectivity index (χ1n) is 11.1. The minimum absolute atomic E-state index is 0.0121. The van der Waals surface area contributed by atoms with Gasteiger partial charge in [-0.05, 0) is 48.7 Å². The molecule has 5 rings (SSSR count). The van der Waals surface area contributed by atoms with E-state index < -0.39 is 12.1 Å². The number of benzene rings is 3. The molecule has 1 aliphatic heterocycles. The number of fused-ring (bicyclic) bond motifs is 2. The molecular weight excluding hydrogens is 437 g/mol. The standard InChI is InChI=1S/C27H22FNO5/c28-22-8-10-23(33-18-3-1-16(2-4-18)11-12-29)21-7-9-24(27(21)22)34-19-5-6-20-17(13-26(30)31)15-32-25(20)14-19/h1-6,8,10,14,17,24H,7,9,11,13,15H2,(H,30,31)/t17-,24-/m1/s1. The first-order chi connectivity index (χ1) is 16.5. The molecule has 3 aromatic rings. The van der Waals surface area contributed by atoms with Crippen LogP contribution in [0, 0.1) is 17.1 Å². The van der Waals surface area contributed by atoms with Gasteiger partial charge in [0.1, 0.15) is 34.9 Å². The molecule has 0 radical (unpaired) electrons. The van der Waals surface area contributed by atoms with Gasteiger partial charge < -0.3 is 19.3 Å². The molecule has 0 aromatic heterocycles. The summed E-state index contributed by atoms with van der Waals surface area (Å²) in [6.45, 7) is 0.324. The molecule has 0 spiro atoms. The highest BCUT2D eigenvalue weighted by Crippen LogP contribution is 2.44. The molecule has 2 atom stereocenters. The lowest BCUT2D eigenvalue weighted by Gasteiger charge is -2.17. The van der Waals surface area contributed by atoms with Gasteiger partial charge >= 0.3 is 5.97 Å². The van der Waals surface area contributed by atoms with Gasteiger partial charge in [-0.1, -0.05) is 18.2 Å². The van der Waals surface area contributed by atoms with Crippen LogP contribution in [0.4, 0.5) is 4.39 Å². The van der Waals surface area contributed by atoms with Gasteiger partial charge in [0.05, 0.1) is 25.5 Å². The van der Waals surface area contributed by atoms with E-state index in [0.29, 0.717) is 54.4 Å². The van der Waals surface area contributed by atoms with Crippen LogP contribution in [0.15, 0.2) is 54.6 Å². The Morgan fingerprint density at radius 1 is 1.15 bits per heavy atom. The van der Waals surface area contributed by atoms with Gasteiger partial charge in [0.2, 0.25) is 0 Å². The first-order valence-corrected chi connectivity index (χ1v) is 11.1. The van der Waals surface area contributed by atoms with Crippen LogP contribution in [0.2, 0.25) is 0 Å². The highest BCUT2D eigenvalue weighted by molar-refractivity contribution is 5.68. The second-order valence-corrected chi connectivity index (χ2v) is 8.47. The lowest BCUT2D eigenvalue weighted by Crippen LogP contribution is -2.07. The number of hydrogen-bond donors (Lipinski definition) is 1. The van der Waals surface area contributed by atoms with Crippen LogP contribution >= 0.6 is 0 Å². The number of carboxylic acid groups (broad SMARTS) is 1. The van der Waals surface area contributed by atoms with Crippen molar-refractivity contribution in [1.29, 1.82) is 5.26 Å². The predicted octanol–water partition coefficient (Wildman–Crippen LogP) is 5.70. The van der Waals surface area contributed by atoms with Gasteiger partial charge in [-0.2, -0.15) is 5.26 Å². The van der Waals surface area contributed by atoms with Crippen molar-refractivity contribution in [2.75, 3.05) is 6.61 Å². The number of carbonyl (C=O) groups is 1. The highest BCUT2D eigenvalue weighted by atomic mass is 19.1. The maximum atomic E-state index is 14.8. The molecule has 172 valence electrons. The zero-order valence-electron chi connectivity index (χ0n) is 18.3. The van der Waals surface area contributed by atoms with Gasteiger partial charge in [0, 0.05) is 28.7 Å². The van der Waals surface area contributed by atoms with E-state index >= 15 is 0 Å². The Hall–Kier alpha value is -4.05. The van der Waals surface area contributed by atoms with E-state index in [4.69, 9.17) is 24.6 Å². The van der Waals surface area contributed by atoms with Gasteiger partial charge in [-0.15, -0.1) is 0 Å². The van der Waals surface area contributed by atoms with E-state index in [9.17, 15) is 9.18 Å². The third-order valence-corrected chi connectivity index (χ3v) is 6.24. The van der Waals surface area contributed by atoms with Crippen molar-refractivity contribution in [2.45, 2.75) is 37.7 Å². The van der Waals surface area contributed by atoms with Crippen LogP contribution in [0.1, 0.15) is 47.1 Å². The lowest BCUT2D eigenvalue weighted by atomic mass is 9.98. The SMILES string of the molecule is N#CCc1ccc(Oc2ccc(F)c3c2CC[C@H]3Oc2ccc3c(c2)OC[C@H]3CC(=O)O)cc1. The number of carboxylic acids is 1. The summed E-state index contributed by atoms with van der Waals surface area (Å²) in [6.07, 6.45) is 1.10. The number of rotatable bonds is 7. The molecule has 0 saturated carbocycles. The fourth-order valence-electron chi connectivity index (χ4n) is 4.62. The molecule has 0 amide bonds. The normalized spacial score (nSPS) is 17.9. The monoisotopic (exact) mass is 459 g/mol. The molecular formula is C27H22FNO5. The molecule has 3 aromatic carbocycles. The van der Waals surface area contributed by atoms with Gasteiger partial charge in [0.15, 0.2) is 0 Å². The van der Waals surface area contributed by atoms with E-state index in [0.717, 1.165) is 16.7 Å². The molecule has 0 unspecified atom stereocenters. The summed E-state index contributed by atoms with van der Waals surface area (Å²) in [4.78, 5) is 11.1. The van der Waals surface area contributed by atoms with Crippen LogP contribution in [-0.4, -0.2) is 17.7 Å². The van der Waals surface area contributed by atoms with E-state index in [1.165, 1.54) is 6.07 Å². The molecule has 0 bridgehead atoms. The van der Waals surface area contributed by atoms with Crippen molar-refractivity contribution in [3.63, 3.8) is 0 Å². The van der Waals surface area contributed by atoms with E-state index in [1.807, 2.05) is 18.2 Å². The Morgan fingerprint density at radius 2 is 1.94 bits per heavy atom. The number of halogens is 1. The minimum Gasteiger partial charge on any atom is -0.492 e. The van der Waals surface area contributed by atoms with Crippen molar-refractivity contribution in [3.8, 4) is 29.1 Å². The van der Waals surface area contributed by atoms with Crippen molar-refractivity contribution >= 4 is 5.97 Å². The topological polar surface area (TPSA) is 88.8 Å². The van der Waals surface area contributed by atoms with Crippen LogP contribution in [0.3, 0.4) is 0 Å². The Balaban J connectivity index is 1.34. The number of nitriles is 1. The minimum atomic E-state index is -0.865. The molecule has 2 aliphatic rings. The average Bonchev–Trinajstić information content (AvgIpc) is 3.42. The van der Waals surface area contributed by atoms with Crippen molar-refractivity contribution < 1.29 is 28.5 Å². The van der Waals surface area contributed by atoms with E-state index in [-0.39, 0.29) is 18.2 Å². The molecule has 1 heterocycles. The Bertz CT molecular complexity index is 1280. The summed E-state index contributed by atoms with van der Waals surface area (Å²) in [7, 11) is 0. The van der Waals surface area contributed by atoms with E-state index in [1.54, 1.807) is 30.3 Å². The predicted molar refractivity (Wildman–Crippen MR) is 121 cm³/mol. The molecule has 6 nitrogen and oxygen atoms in total. The largest absolute Gasteiger partial charge is 0.492 e. The second-order valence-electron chi connectivity index (χ2n) is 8.47. The van der Waals surface area contributed by atoms with Gasteiger partial charge in [-0.25, -0.2) is 4.39 Å². The number of ether oxygens (including phenoxy) is 3. The highest BCUT2D eigenvalue weighted by Gasteiger charge is 2.32. The van der Waals surface area contributed by atoms with Crippen LogP contribution in [0.5, 0.6) is 23.0 Å². The summed E-state index contributed by atoms with van der Waals surface area (Å²) >= 11 is 0. The third kappa shape index (κ3) is 4.27. The summed E-state index contributed by atoms with van der Waals surface area (Å²) in [6, 6.07) is 17.8. The lowest BCUT2D eigenvalue weighted by molar-refractivity contribution is -0.137. The van der Waals surface area contributed by atoms with Crippen LogP contribution < -0.4 is 14.2 Å². The molecule has 0 fully saturated rings. The number of aliphatic carboxylic acids is 1. The average molecular weight is 459 g/mol. The molecule has 7 heteroatoms. The summed E-state index contributed by atoms with van der Waals surface area (Å²) in [5, 5.41) is 17.9. The summed E-state index contributed by atoms with van der Waals surface area (Å²) in [5.74, 6) is 0.977. The molecule has 1 aliphatic carbocycles. The van der Waals surface area contributed by atoms with Crippen molar-refractivity contribution in [2.24, 2.45) is 0 Å². The summed E-state index contributed by atoms with van der Waals surface area (Å²) < 4.78 is 32.7. The quantitative estimate of drug-likeness (QED) is 0.488. The first kappa shape index (κ1) is 21.8. The molecule has 34 heavy (non-hydrogen) atoms. The third-order valence-electron chi connectivity index (χ3n) is 6.24. The van der Waals surface area contributed by atoms with Crippen LogP contribution in [-0.2, 0) is 17.6 Å². The van der Waals surface area contributed by atoms with Gasteiger partial charge in [0.25, 0.3) is 0 Å². The molecule has 0 saturated heterocycles. The van der Waals surface area contributed by atoms with Crippen molar-refractivity contribution in [1.82, 2.24) is 0 Å². The maximum absolute atomic E-state index is 14.8. The second kappa shape index (κ2) is 9.06. The molecule has 1 N–H and O–H groups in total. The van der Waals surface area contributed by atoms with E-state index in [2.05, 4.69) is 6.07 Å². The fourth-order valence-corrected chi connectivity index (χ4v) is 4.62. The maximum Gasteiger partial charge on any atom is 0.304 e. The Morgan fingerprint density at radius 3 is 2.71 bits per heavy atom. The number of hydrogen-bond acceptors (Lipinski definition) is 5. The fraction of sp³-hybridized carbons (Fsp3) is 0.259. The Kier molecular flexibility index (Phi) is 5.81. The zero-order chi connectivity index (χ0) is 23.7. The van der Waals surface area contributed by atoms with Crippen molar-refractivity contribution in [3.05, 3.63) is 82.7 Å². The zero-order valence-corrected chi connectivity index (χ0v) is 18.3.